The minimum atomic E-state index is -0.690. The number of fused-ring (bicyclic) bond motifs is 1. The average Bonchev–Trinajstić information content (AvgIpc) is 2.79. The van der Waals surface area contributed by atoms with E-state index in [1.807, 2.05) is 18.2 Å². The second-order valence-corrected chi connectivity index (χ2v) is 6.99. The van der Waals surface area contributed by atoms with Crippen molar-refractivity contribution in [3.63, 3.8) is 0 Å². The topological polar surface area (TPSA) is 77.5 Å². The van der Waals surface area contributed by atoms with Crippen LogP contribution in [0.25, 0.3) is 10.9 Å². The standard InChI is InChI=1S/C25H19FN2O4/c1-16-20(13-17-11-12-18(26)14-22(17)27-16)25(30)31-15-24(29)28-21-9-5-6-10-23(21)32-19-7-3-2-4-8-19/h2-14H,15H2,1H3,(H,28,29). The summed E-state index contributed by atoms with van der Waals surface area (Å²) in [6.07, 6.45) is 0. The second kappa shape index (κ2) is 9.26. The molecular formula is C25H19FN2O4. The van der Waals surface area contributed by atoms with E-state index in [0.717, 1.165) is 0 Å². The van der Waals surface area contributed by atoms with Crippen LogP contribution in [-0.2, 0) is 9.53 Å². The number of anilines is 1. The Labute approximate surface area is 183 Å². The Morgan fingerprint density at radius 2 is 1.72 bits per heavy atom. The van der Waals surface area contributed by atoms with E-state index in [9.17, 15) is 14.0 Å². The van der Waals surface area contributed by atoms with Crippen LogP contribution in [0.15, 0.2) is 78.9 Å². The summed E-state index contributed by atoms with van der Waals surface area (Å²) in [7, 11) is 0. The lowest BCUT2D eigenvalue weighted by Crippen LogP contribution is -2.21. The van der Waals surface area contributed by atoms with Gasteiger partial charge in [-0.1, -0.05) is 30.3 Å². The summed E-state index contributed by atoms with van der Waals surface area (Å²) in [5.74, 6) is -0.533. The Hall–Kier alpha value is -4.26. The summed E-state index contributed by atoms with van der Waals surface area (Å²) < 4.78 is 24.4. The molecule has 4 aromatic rings. The summed E-state index contributed by atoms with van der Waals surface area (Å²) in [6.45, 7) is 1.14. The third-order valence-electron chi connectivity index (χ3n) is 4.66. The number of aryl methyl sites for hydroxylation is 1. The molecule has 7 heteroatoms. The predicted octanol–water partition coefficient (Wildman–Crippen LogP) is 5.27. The zero-order chi connectivity index (χ0) is 22.5. The Morgan fingerprint density at radius 3 is 2.53 bits per heavy atom. The smallest absolute Gasteiger partial charge is 0.340 e. The number of rotatable bonds is 6. The van der Waals surface area contributed by atoms with Gasteiger partial charge in [0, 0.05) is 11.5 Å². The van der Waals surface area contributed by atoms with E-state index >= 15 is 0 Å². The number of para-hydroxylation sites is 3. The highest BCUT2D eigenvalue weighted by Crippen LogP contribution is 2.29. The third-order valence-corrected chi connectivity index (χ3v) is 4.66. The highest BCUT2D eigenvalue weighted by molar-refractivity contribution is 5.98. The van der Waals surface area contributed by atoms with Crippen LogP contribution in [0, 0.1) is 12.7 Å². The minimum absolute atomic E-state index is 0.213. The highest BCUT2D eigenvalue weighted by atomic mass is 19.1. The molecule has 3 aromatic carbocycles. The minimum Gasteiger partial charge on any atom is -0.455 e. The third kappa shape index (κ3) is 4.89. The van der Waals surface area contributed by atoms with Crippen molar-refractivity contribution >= 4 is 28.5 Å². The molecular weight excluding hydrogens is 411 g/mol. The molecule has 0 saturated carbocycles. The predicted molar refractivity (Wildman–Crippen MR) is 118 cm³/mol. The van der Waals surface area contributed by atoms with Crippen molar-refractivity contribution in [2.45, 2.75) is 6.92 Å². The van der Waals surface area contributed by atoms with E-state index < -0.39 is 24.3 Å². The number of nitrogens with zero attached hydrogens (tertiary/aromatic N) is 1. The fraction of sp³-hybridized carbons (Fsp3) is 0.0800. The molecule has 0 spiro atoms. The van der Waals surface area contributed by atoms with E-state index in [1.165, 1.54) is 18.2 Å². The van der Waals surface area contributed by atoms with Gasteiger partial charge in [-0.25, -0.2) is 9.18 Å². The van der Waals surface area contributed by atoms with Crippen LogP contribution >= 0.6 is 0 Å². The molecule has 1 N–H and O–H groups in total. The molecule has 0 fully saturated rings. The number of hydrogen-bond donors (Lipinski definition) is 1. The molecule has 0 aliphatic heterocycles. The maximum absolute atomic E-state index is 13.4. The fourth-order valence-corrected chi connectivity index (χ4v) is 3.11. The van der Waals surface area contributed by atoms with Gasteiger partial charge in [-0.15, -0.1) is 0 Å². The first kappa shape index (κ1) is 21.0. The molecule has 6 nitrogen and oxygen atoms in total. The maximum atomic E-state index is 13.4. The summed E-state index contributed by atoms with van der Waals surface area (Å²) in [6, 6.07) is 21.8. The summed E-state index contributed by atoms with van der Waals surface area (Å²) in [4.78, 5) is 29.1. The molecule has 32 heavy (non-hydrogen) atoms. The lowest BCUT2D eigenvalue weighted by molar-refractivity contribution is -0.119. The van der Waals surface area contributed by atoms with Crippen LogP contribution in [0.4, 0.5) is 10.1 Å². The van der Waals surface area contributed by atoms with Crippen molar-refractivity contribution in [1.29, 1.82) is 0 Å². The van der Waals surface area contributed by atoms with Crippen LogP contribution in [0.3, 0.4) is 0 Å². The van der Waals surface area contributed by atoms with Crippen molar-refractivity contribution in [2.24, 2.45) is 0 Å². The van der Waals surface area contributed by atoms with Crippen molar-refractivity contribution in [2.75, 3.05) is 11.9 Å². The number of amides is 1. The lowest BCUT2D eigenvalue weighted by Gasteiger charge is -2.12. The van der Waals surface area contributed by atoms with Crippen LogP contribution in [0.5, 0.6) is 11.5 Å². The Morgan fingerprint density at radius 1 is 0.969 bits per heavy atom. The van der Waals surface area contributed by atoms with E-state index in [4.69, 9.17) is 9.47 Å². The number of carbonyl (C=O) groups is 2. The zero-order valence-corrected chi connectivity index (χ0v) is 17.2. The van der Waals surface area contributed by atoms with Crippen LogP contribution in [0.2, 0.25) is 0 Å². The first-order valence-corrected chi connectivity index (χ1v) is 9.85. The van der Waals surface area contributed by atoms with E-state index in [2.05, 4.69) is 10.3 Å². The SMILES string of the molecule is Cc1nc2cc(F)ccc2cc1C(=O)OCC(=O)Nc1ccccc1Oc1ccccc1. The average molecular weight is 430 g/mol. The largest absolute Gasteiger partial charge is 0.455 e. The Bertz CT molecular complexity index is 1290. The second-order valence-electron chi connectivity index (χ2n) is 6.99. The molecule has 1 aromatic heterocycles. The van der Waals surface area contributed by atoms with Gasteiger partial charge in [0.1, 0.15) is 11.6 Å². The molecule has 0 saturated heterocycles. The normalized spacial score (nSPS) is 10.6. The molecule has 0 atom stereocenters. The highest BCUT2D eigenvalue weighted by Gasteiger charge is 2.16. The van der Waals surface area contributed by atoms with Crippen molar-refractivity contribution in [1.82, 2.24) is 4.98 Å². The molecule has 0 bridgehead atoms. The number of esters is 1. The van der Waals surface area contributed by atoms with E-state index in [0.29, 0.717) is 33.8 Å². The van der Waals surface area contributed by atoms with Gasteiger partial charge in [0.25, 0.3) is 5.91 Å². The number of halogens is 1. The molecule has 0 unspecified atom stereocenters. The zero-order valence-electron chi connectivity index (χ0n) is 17.2. The van der Waals surface area contributed by atoms with E-state index in [1.54, 1.807) is 49.4 Å². The van der Waals surface area contributed by atoms with Crippen molar-refractivity contribution in [3.05, 3.63) is 95.9 Å². The molecule has 1 heterocycles. The summed E-state index contributed by atoms with van der Waals surface area (Å²) in [5, 5.41) is 3.29. The number of ether oxygens (including phenoxy) is 2. The quantitative estimate of drug-likeness (QED) is 0.422. The van der Waals surface area contributed by atoms with Gasteiger partial charge >= 0.3 is 5.97 Å². The molecule has 0 radical (unpaired) electrons. The molecule has 0 aliphatic carbocycles. The number of benzene rings is 3. The molecule has 4 rings (SSSR count). The summed E-state index contributed by atoms with van der Waals surface area (Å²) in [5.41, 5.74) is 1.48. The van der Waals surface area contributed by atoms with Crippen LogP contribution < -0.4 is 10.1 Å². The lowest BCUT2D eigenvalue weighted by atomic mass is 10.1. The van der Waals surface area contributed by atoms with Gasteiger partial charge in [-0.3, -0.25) is 9.78 Å². The van der Waals surface area contributed by atoms with Crippen molar-refractivity contribution in [3.8, 4) is 11.5 Å². The summed E-state index contributed by atoms with van der Waals surface area (Å²) >= 11 is 0. The number of pyridine rings is 1. The first-order valence-electron chi connectivity index (χ1n) is 9.85. The van der Waals surface area contributed by atoms with Gasteiger partial charge in [-0.2, -0.15) is 0 Å². The number of carbonyl (C=O) groups excluding carboxylic acids is 2. The fourth-order valence-electron chi connectivity index (χ4n) is 3.11. The Balaban J connectivity index is 1.41. The first-order chi connectivity index (χ1) is 15.5. The molecule has 1 amide bonds. The number of nitrogens with one attached hydrogen (secondary N) is 1. The van der Waals surface area contributed by atoms with E-state index in [-0.39, 0.29) is 5.56 Å². The van der Waals surface area contributed by atoms with Crippen molar-refractivity contribution < 1.29 is 23.5 Å². The number of hydrogen-bond acceptors (Lipinski definition) is 5. The number of aromatic nitrogens is 1. The Kier molecular flexibility index (Phi) is 6.07. The van der Waals surface area contributed by atoms with Crippen LogP contribution in [-0.4, -0.2) is 23.5 Å². The molecule has 160 valence electrons. The molecule has 0 aliphatic rings. The van der Waals surface area contributed by atoms with Crippen LogP contribution in [0.1, 0.15) is 16.1 Å². The van der Waals surface area contributed by atoms with Gasteiger partial charge in [0.15, 0.2) is 12.4 Å². The maximum Gasteiger partial charge on any atom is 0.340 e. The van der Waals surface area contributed by atoms with Gasteiger partial charge < -0.3 is 14.8 Å². The van der Waals surface area contributed by atoms with Gasteiger partial charge in [0.05, 0.1) is 22.5 Å². The van der Waals surface area contributed by atoms with Gasteiger partial charge in [-0.05, 0) is 49.4 Å². The monoisotopic (exact) mass is 430 g/mol. The van der Waals surface area contributed by atoms with Gasteiger partial charge in [0.2, 0.25) is 0 Å².